The molecule has 1 aliphatic heterocycles. The molecule has 4 nitrogen and oxygen atoms in total. The van der Waals surface area contributed by atoms with E-state index in [9.17, 15) is 4.79 Å². The smallest absolute Gasteiger partial charge is 0.309 e. The Morgan fingerprint density at radius 2 is 1.93 bits per heavy atom. The van der Waals surface area contributed by atoms with E-state index < -0.39 is 5.97 Å². The highest BCUT2D eigenvalue weighted by molar-refractivity contribution is 6.31. The van der Waals surface area contributed by atoms with Crippen molar-refractivity contribution < 1.29 is 9.90 Å². The fourth-order valence-corrected chi connectivity index (χ4v) is 3.68. The first-order chi connectivity index (χ1) is 13.2. The normalized spacial score (nSPS) is 15.7. The van der Waals surface area contributed by atoms with Gasteiger partial charge in [-0.05, 0) is 54.8 Å². The molecule has 2 aromatic rings. The Morgan fingerprint density at radius 3 is 2.54 bits per heavy atom. The topological polar surface area (TPSA) is 52.6 Å². The fourth-order valence-electron chi connectivity index (χ4n) is 3.39. The number of aliphatic carboxylic acids is 1. The van der Waals surface area contributed by atoms with Crippen LogP contribution in [0.1, 0.15) is 29.7 Å². The molecule has 3 rings (SSSR count). The van der Waals surface area contributed by atoms with E-state index in [1.807, 2.05) is 44.2 Å². The summed E-state index contributed by atoms with van der Waals surface area (Å²) >= 11 is 12.5. The summed E-state index contributed by atoms with van der Waals surface area (Å²) in [6, 6.07) is 11.8. The van der Waals surface area contributed by atoms with Gasteiger partial charge in [0.25, 0.3) is 0 Å². The molecule has 0 amide bonds. The van der Waals surface area contributed by atoms with E-state index >= 15 is 0 Å². The van der Waals surface area contributed by atoms with Crippen LogP contribution >= 0.6 is 23.2 Å². The predicted octanol–water partition coefficient (Wildman–Crippen LogP) is 5.55. The average Bonchev–Trinajstić information content (AvgIpc) is 2.59. The predicted molar refractivity (Wildman–Crippen MR) is 115 cm³/mol. The van der Waals surface area contributed by atoms with Gasteiger partial charge < -0.3 is 10.4 Å². The number of halogens is 2. The molecular weight excluding hydrogens is 395 g/mol. The van der Waals surface area contributed by atoms with E-state index in [0.717, 1.165) is 33.0 Å². The van der Waals surface area contributed by atoms with Crippen LogP contribution in [0.15, 0.2) is 48.6 Å². The van der Waals surface area contributed by atoms with Crippen molar-refractivity contribution in [3.05, 3.63) is 75.3 Å². The van der Waals surface area contributed by atoms with Gasteiger partial charge in [-0.25, -0.2) is 0 Å². The minimum Gasteiger partial charge on any atom is -0.481 e. The van der Waals surface area contributed by atoms with Crippen molar-refractivity contribution in [1.82, 2.24) is 4.90 Å². The summed E-state index contributed by atoms with van der Waals surface area (Å²) in [6.45, 7) is 9.86. The second-order valence-corrected chi connectivity index (χ2v) is 8.28. The number of carboxylic acid groups (broad SMARTS) is 1. The van der Waals surface area contributed by atoms with Crippen LogP contribution in [-0.2, 0) is 11.3 Å². The van der Waals surface area contributed by atoms with E-state index in [4.69, 9.17) is 28.3 Å². The number of aryl methyl sites for hydroxylation is 1. The molecule has 1 aliphatic rings. The van der Waals surface area contributed by atoms with Gasteiger partial charge in [0.1, 0.15) is 0 Å². The number of nitrogens with one attached hydrogen (secondary N) is 1. The molecule has 1 atom stereocenters. The first-order valence-electron chi connectivity index (χ1n) is 9.16. The highest BCUT2D eigenvalue weighted by Crippen LogP contribution is 2.31. The lowest BCUT2D eigenvalue weighted by molar-refractivity contribution is -0.147. The molecule has 0 aliphatic carbocycles. The van der Waals surface area contributed by atoms with Crippen LogP contribution in [0.4, 0.5) is 5.69 Å². The molecule has 2 N–H and O–H groups in total. The molecule has 0 saturated carbocycles. The number of nitrogens with zero attached hydrogens (tertiary/aromatic N) is 1. The summed E-state index contributed by atoms with van der Waals surface area (Å²) in [5, 5.41) is 14.0. The van der Waals surface area contributed by atoms with Gasteiger partial charge in [-0.2, -0.15) is 0 Å². The lowest BCUT2D eigenvalue weighted by Gasteiger charge is -2.36. The highest BCUT2D eigenvalue weighted by atomic mass is 35.5. The maximum absolute atomic E-state index is 11.0. The molecule has 1 unspecified atom stereocenters. The van der Waals surface area contributed by atoms with E-state index in [2.05, 4.69) is 22.9 Å². The Hall–Kier alpha value is -2.01. The van der Waals surface area contributed by atoms with E-state index in [-0.39, 0.29) is 12.0 Å². The second-order valence-electron chi connectivity index (χ2n) is 7.47. The molecule has 0 spiro atoms. The Labute approximate surface area is 175 Å². The standard InChI is InChI=1S/C22H24Cl2N2O2/c1-13(2)21(15-4-6-19(23)14(3)8-15)25-18-5-7-20(24)16(9-18)10-26-11-17(12-26)22(27)28/h4-9,17,21,25H,1,10-12H2,2-3H3,(H,27,28). The SMILES string of the molecule is C=C(C)C(Nc1ccc(Cl)c(CN2CC(C(=O)O)C2)c1)c1ccc(Cl)c(C)c1. The first kappa shape index (κ1) is 20.7. The van der Waals surface area contributed by atoms with Crippen LogP contribution in [0.3, 0.4) is 0 Å². The third-order valence-electron chi connectivity index (χ3n) is 5.07. The first-order valence-corrected chi connectivity index (χ1v) is 9.91. The molecule has 1 fully saturated rings. The van der Waals surface area contributed by atoms with Gasteiger partial charge in [-0.3, -0.25) is 9.69 Å². The lowest BCUT2D eigenvalue weighted by atomic mass is 9.98. The maximum Gasteiger partial charge on any atom is 0.309 e. The third-order valence-corrected chi connectivity index (χ3v) is 5.86. The zero-order chi connectivity index (χ0) is 20.4. The fraction of sp³-hybridized carbons (Fsp3) is 0.318. The van der Waals surface area contributed by atoms with Gasteiger partial charge in [0.2, 0.25) is 0 Å². The molecule has 1 saturated heterocycles. The molecule has 0 radical (unpaired) electrons. The molecule has 0 aromatic heterocycles. The Kier molecular flexibility index (Phi) is 6.33. The second kappa shape index (κ2) is 8.56. The van der Waals surface area contributed by atoms with E-state index in [1.165, 1.54) is 0 Å². The number of rotatable bonds is 7. The van der Waals surface area contributed by atoms with Crippen molar-refractivity contribution in [3.8, 4) is 0 Å². The molecule has 0 bridgehead atoms. The number of carboxylic acids is 1. The number of anilines is 1. The van der Waals surface area contributed by atoms with Crippen molar-refractivity contribution in [1.29, 1.82) is 0 Å². The zero-order valence-electron chi connectivity index (χ0n) is 16.0. The van der Waals surface area contributed by atoms with Crippen molar-refractivity contribution >= 4 is 34.9 Å². The monoisotopic (exact) mass is 418 g/mol. The van der Waals surface area contributed by atoms with E-state index in [0.29, 0.717) is 24.7 Å². The molecule has 1 heterocycles. The average molecular weight is 419 g/mol. The largest absolute Gasteiger partial charge is 0.481 e. The van der Waals surface area contributed by atoms with Crippen molar-refractivity contribution in [3.63, 3.8) is 0 Å². The maximum atomic E-state index is 11.0. The highest BCUT2D eigenvalue weighted by Gasteiger charge is 2.32. The third kappa shape index (κ3) is 4.69. The molecule has 6 heteroatoms. The van der Waals surface area contributed by atoms with Crippen LogP contribution < -0.4 is 5.32 Å². The molecule has 148 valence electrons. The van der Waals surface area contributed by atoms with Crippen LogP contribution in [0.25, 0.3) is 0 Å². The van der Waals surface area contributed by atoms with Crippen molar-refractivity contribution in [2.75, 3.05) is 18.4 Å². The van der Waals surface area contributed by atoms with E-state index in [1.54, 1.807) is 0 Å². The summed E-state index contributed by atoms with van der Waals surface area (Å²) < 4.78 is 0. The van der Waals surface area contributed by atoms with Gasteiger partial charge >= 0.3 is 5.97 Å². The van der Waals surface area contributed by atoms with Crippen LogP contribution in [0.5, 0.6) is 0 Å². The summed E-state index contributed by atoms with van der Waals surface area (Å²) in [6.07, 6.45) is 0. The number of likely N-dealkylation sites (tertiary alicyclic amines) is 1. The molecular formula is C22H24Cl2N2O2. The minimum atomic E-state index is -0.736. The Balaban J connectivity index is 1.76. The van der Waals surface area contributed by atoms with Gasteiger partial charge in [-0.15, -0.1) is 0 Å². The van der Waals surface area contributed by atoms with Crippen LogP contribution in [-0.4, -0.2) is 29.1 Å². The number of benzene rings is 2. The Bertz CT molecular complexity index is 907. The Morgan fingerprint density at radius 1 is 1.25 bits per heavy atom. The molecule has 2 aromatic carbocycles. The van der Waals surface area contributed by atoms with Crippen molar-refractivity contribution in [2.24, 2.45) is 5.92 Å². The summed E-state index contributed by atoms with van der Waals surface area (Å²) in [5.41, 5.74) is 5.02. The van der Waals surface area contributed by atoms with Gasteiger partial charge in [-0.1, -0.05) is 47.5 Å². The number of hydrogen-bond donors (Lipinski definition) is 2. The van der Waals surface area contributed by atoms with Crippen molar-refractivity contribution in [2.45, 2.75) is 26.4 Å². The summed E-state index contributed by atoms with van der Waals surface area (Å²) in [7, 11) is 0. The van der Waals surface area contributed by atoms with Crippen LogP contribution in [0.2, 0.25) is 10.0 Å². The van der Waals surface area contributed by atoms with Crippen LogP contribution in [0, 0.1) is 12.8 Å². The minimum absolute atomic E-state index is 0.0506. The lowest BCUT2D eigenvalue weighted by Crippen LogP contribution is -2.49. The van der Waals surface area contributed by atoms with Gasteiger partial charge in [0, 0.05) is 35.4 Å². The van der Waals surface area contributed by atoms with Gasteiger partial charge in [0.15, 0.2) is 0 Å². The summed E-state index contributed by atoms with van der Waals surface area (Å²) in [5.74, 6) is -1.01. The van der Waals surface area contributed by atoms with Gasteiger partial charge in [0.05, 0.1) is 12.0 Å². The molecule has 28 heavy (non-hydrogen) atoms. The zero-order valence-corrected chi connectivity index (χ0v) is 17.5. The number of carbonyl (C=O) groups is 1. The number of hydrogen-bond acceptors (Lipinski definition) is 3. The quantitative estimate of drug-likeness (QED) is 0.578. The summed E-state index contributed by atoms with van der Waals surface area (Å²) in [4.78, 5) is 13.1.